The molecule has 13 amide bonds. The highest BCUT2D eigenvalue weighted by molar-refractivity contribution is 6.03. The summed E-state index contributed by atoms with van der Waals surface area (Å²) in [6.07, 6.45) is 1.64. The molecule has 0 radical (unpaired) electrons. The van der Waals surface area contributed by atoms with Gasteiger partial charge < -0.3 is 84.3 Å². The second-order valence-electron chi connectivity index (χ2n) is 30.5. The Bertz CT molecular complexity index is 3180. The number of nitrogens with zero attached hydrogens (tertiary/aromatic N) is 1. The largest absolute Gasteiger partial charge is 0.458 e. The average molecular weight is 1490 g/mol. The Kier molecular flexibility index (Phi) is 38.5. The Hall–Kier alpha value is -8.54. The molecule has 2 aliphatic heterocycles. The topological polar surface area (TPSA) is 442 Å². The molecule has 106 heavy (non-hydrogen) atoms. The van der Waals surface area contributed by atoms with Crippen molar-refractivity contribution in [3.63, 3.8) is 0 Å². The molecule has 0 aromatic heterocycles. The van der Waals surface area contributed by atoms with E-state index < -0.39 is 203 Å². The summed E-state index contributed by atoms with van der Waals surface area (Å²) >= 11 is 0. The molecule has 1 aromatic rings. The highest BCUT2D eigenvalue weighted by Crippen LogP contribution is 2.23. The van der Waals surface area contributed by atoms with Crippen LogP contribution in [0.15, 0.2) is 42.1 Å². The fourth-order valence-corrected chi connectivity index (χ4v) is 12.3. The molecule has 16 atom stereocenters. The third-order valence-corrected chi connectivity index (χ3v) is 19.5. The van der Waals surface area contributed by atoms with Crippen molar-refractivity contribution < 1.29 is 77.0 Å². The van der Waals surface area contributed by atoms with E-state index in [2.05, 4.69) is 63.8 Å². The van der Waals surface area contributed by atoms with Gasteiger partial charge >= 0.3 is 5.97 Å². The maximum atomic E-state index is 15.1. The monoisotopic (exact) mass is 1490 g/mol. The molecule has 0 spiro atoms. The molecule has 30 nitrogen and oxygen atoms in total. The number of rotatable bonds is 34. The number of hydrogen-bond donors (Lipinski definition) is 14. The van der Waals surface area contributed by atoms with Gasteiger partial charge in [0.15, 0.2) is 0 Å². The van der Waals surface area contributed by atoms with Gasteiger partial charge in [-0.2, -0.15) is 0 Å². The molecule has 2 saturated heterocycles. The molecule has 30 heteroatoms. The third-order valence-electron chi connectivity index (χ3n) is 19.5. The number of amides is 13. The van der Waals surface area contributed by atoms with Gasteiger partial charge in [0.1, 0.15) is 84.3 Å². The molecule has 16 unspecified atom stereocenters. The normalized spacial score (nSPS) is 22.5. The minimum absolute atomic E-state index is 0.00442. The van der Waals surface area contributed by atoms with Crippen molar-refractivity contribution in [2.75, 3.05) is 13.1 Å². The number of likely N-dealkylation sites (tertiary alicyclic amines) is 1. The Morgan fingerprint density at radius 1 is 0.604 bits per heavy atom. The third kappa shape index (κ3) is 28.0. The molecular formula is C76H126N14O16. The fourth-order valence-electron chi connectivity index (χ4n) is 12.3. The minimum atomic E-state index is -1.82. The Morgan fingerprint density at radius 2 is 1.15 bits per heavy atom. The van der Waals surface area contributed by atoms with Crippen LogP contribution in [0.2, 0.25) is 0 Å². The van der Waals surface area contributed by atoms with Crippen LogP contribution in [-0.4, -0.2) is 191 Å². The number of benzene rings is 1. The second kappa shape index (κ2) is 44.6. The minimum Gasteiger partial charge on any atom is -0.458 e. The molecule has 0 saturated carbocycles. The van der Waals surface area contributed by atoms with Gasteiger partial charge in [0.05, 0.1) is 6.10 Å². The SMILES string of the molecule is C/C=C1\NC(=O)C(Cc2ccccc2)NC(=O)C(C(C)C)NC(=O)C(C(C)CC)NC(=O)C(NC(=O)C(NC(=O)C(CCCCN)NC(=O)C2CCCN2C(=O)C(NC(=O)C(NC(=O)C(NC(=O)C(NC(=O)CCCC(C)C)C(C)C)C(C)O)C(C)C)C(C)C)C(C)CC)C(C)OC(=O)C(C(C)C)NC1=O. The summed E-state index contributed by atoms with van der Waals surface area (Å²) in [5, 5.41) is 43.3. The number of nitrogens with one attached hydrogen (secondary N) is 12. The van der Waals surface area contributed by atoms with Crippen molar-refractivity contribution in [3.05, 3.63) is 47.7 Å². The number of nitrogens with two attached hydrogens (primary N) is 1. The van der Waals surface area contributed by atoms with E-state index in [4.69, 9.17) is 10.5 Å². The predicted molar refractivity (Wildman–Crippen MR) is 400 cm³/mol. The van der Waals surface area contributed by atoms with Gasteiger partial charge in [0.2, 0.25) is 70.9 Å². The molecule has 0 aliphatic carbocycles. The quantitative estimate of drug-likeness (QED) is 0.0267. The lowest BCUT2D eigenvalue weighted by atomic mass is 9.95. The summed E-state index contributed by atoms with van der Waals surface area (Å²) < 4.78 is 5.97. The predicted octanol–water partition coefficient (Wildman–Crippen LogP) is 2.23. The van der Waals surface area contributed by atoms with Crippen LogP contribution >= 0.6 is 0 Å². The van der Waals surface area contributed by atoms with Gasteiger partial charge in [-0.25, -0.2) is 4.79 Å². The van der Waals surface area contributed by atoms with Crippen LogP contribution in [0.4, 0.5) is 0 Å². The lowest BCUT2D eigenvalue weighted by Crippen LogP contribution is -2.64. The number of aliphatic hydroxyl groups excluding tert-OH is 1. The molecule has 15 N–H and O–H groups in total. The van der Waals surface area contributed by atoms with Crippen LogP contribution in [0.3, 0.4) is 0 Å². The summed E-state index contributed by atoms with van der Waals surface area (Å²) in [4.78, 5) is 202. The first kappa shape index (κ1) is 91.7. The fraction of sp³-hybridized carbons (Fsp3) is 0.711. The van der Waals surface area contributed by atoms with Gasteiger partial charge in [-0.15, -0.1) is 0 Å². The Balaban J connectivity index is 2.02. The van der Waals surface area contributed by atoms with Crippen LogP contribution in [0, 0.1) is 47.3 Å². The van der Waals surface area contributed by atoms with E-state index in [-0.39, 0.29) is 56.8 Å². The maximum absolute atomic E-state index is 15.1. The zero-order valence-corrected chi connectivity index (χ0v) is 66.0. The molecule has 596 valence electrons. The number of unbranched alkanes of at least 4 members (excludes halogenated alkanes) is 1. The number of carbonyl (C=O) groups is 14. The average Bonchev–Trinajstić information content (AvgIpc) is 1.48. The summed E-state index contributed by atoms with van der Waals surface area (Å²) in [5.74, 6) is -15.0. The summed E-state index contributed by atoms with van der Waals surface area (Å²) in [6, 6.07) is -7.62. The molecule has 3 rings (SSSR count). The van der Waals surface area contributed by atoms with E-state index in [1.807, 2.05) is 13.8 Å². The van der Waals surface area contributed by atoms with E-state index in [1.165, 1.54) is 31.7 Å². The van der Waals surface area contributed by atoms with Crippen molar-refractivity contribution in [2.45, 2.75) is 287 Å². The van der Waals surface area contributed by atoms with Crippen molar-refractivity contribution in [2.24, 2.45) is 53.1 Å². The number of ether oxygens (including phenoxy) is 1. The van der Waals surface area contributed by atoms with Crippen LogP contribution in [0.5, 0.6) is 0 Å². The Morgan fingerprint density at radius 3 is 1.69 bits per heavy atom. The summed E-state index contributed by atoms with van der Waals surface area (Å²) in [7, 11) is 0. The molecule has 0 bridgehead atoms. The highest BCUT2D eigenvalue weighted by atomic mass is 16.5. The zero-order valence-electron chi connectivity index (χ0n) is 66.0. The van der Waals surface area contributed by atoms with Crippen LogP contribution in [0.25, 0.3) is 0 Å². The second-order valence-corrected chi connectivity index (χ2v) is 30.5. The van der Waals surface area contributed by atoms with Crippen LogP contribution in [-0.2, 0) is 78.3 Å². The first-order valence-electron chi connectivity index (χ1n) is 38.0. The van der Waals surface area contributed by atoms with Gasteiger partial charge in [-0.3, -0.25) is 62.3 Å². The molecule has 2 heterocycles. The molecule has 2 aliphatic rings. The molecule has 2 fully saturated rings. The lowest BCUT2D eigenvalue weighted by molar-refractivity contribution is -0.157. The van der Waals surface area contributed by atoms with Crippen molar-refractivity contribution >= 4 is 82.8 Å². The van der Waals surface area contributed by atoms with Gasteiger partial charge in [0, 0.05) is 19.4 Å². The highest BCUT2D eigenvalue weighted by Gasteiger charge is 2.44. The number of carbonyl (C=O) groups excluding carboxylic acids is 14. The lowest BCUT2D eigenvalue weighted by Gasteiger charge is -2.34. The van der Waals surface area contributed by atoms with E-state index in [1.54, 1.807) is 127 Å². The van der Waals surface area contributed by atoms with Crippen LogP contribution in [0.1, 0.15) is 201 Å². The van der Waals surface area contributed by atoms with Crippen molar-refractivity contribution in [1.29, 1.82) is 0 Å². The van der Waals surface area contributed by atoms with E-state index >= 15 is 9.59 Å². The van der Waals surface area contributed by atoms with Crippen molar-refractivity contribution in [3.8, 4) is 0 Å². The summed E-state index contributed by atoms with van der Waals surface area (Å²) in [5.41, 5.74) is 6.28. The van der Waals surface area contributed by atoms with E-state index in [0.717, 1.165) is 6.42 Å². The number of allylic oxidation sites excluding steroid dienone is 1. The van der Waals surface area contributed by atoms with E-state index in [9.17, 15) is 62.6 Å². The zero-order chi connectivity index (χ0) is 80.1. The first-order chi connectivity index (χ1) is 49.7. The number of hydrogen-bond acceptors (Lipinski definition) is 17. The van der Waals surface area contributed by atoms with Gasteiger partial charge in [-0.05, 0) is 119 Å². The van der Waals surface area contributed by atoms with Gasteiger partial charge in [0.25, 0.3) is 5.91 Å². The smallest absolute Gasteiger partial charge is 0.329 e. The first-order valence-corrected chi connectivity index (χ1v) is 38.0. The standard InChI is InChI=1S/C76H126N14O16/c1-20-45(16)60(72(101)89-63-48(19)106-76(105)59(44(14)15)85-64(93)50(22-3)78-66(95)52(38-49-31-24-23-25-32-49)80-68(97)56(41(8)9)82-71(100)61(46(17)21-2)87-74(63)103)86-65(94)51(33-26-27-36-77)79-67(96)53-34-29-37-90(53)75(104)58(43(12)13)84-70(99)57(42(10)11)83-73(102)62(47(18)91)88-69(98)55(40(6)7)81-54(92)35-28-30-39(4)5/h22-25,31-32,39-48,51-53,55-63,91H,20-21,26-30,33-38,77H2,1-19H3,(H,78,95)(H,79,96)(H,80,97)(H,81,92)(H,82,100)(H,83,102)(H,84,99)(H,85,93)(H,86,94)(H,87,103)(H,88,98)(H,89,101)/b50-22-. The van der Waals surface area contributed by atoms with Crippen LogP contribution < -0.4 is 69.5 Å². The van der Waals surface area contributed by atoms with Crippen molar-refractivity contribution in [1.82, 2.24) is 68.7 Å². The molecule has 1 aromatic carbocycles. The number of esters is 1. The Labute approximate surface area is 626 Å². The molecular weight excluding hydrogens is 1360 g/mol. The maximum Gasteiger partial charge on any atom is 0.329 e. The number of cyclic esters (lactones) is 1. The van der Waals surface area contributed by atoms with E-state index in [0.29, 0.717) is 43.6 Å². The van der Waals surface area contributed by atoms with Gasteiger partial charge in [-0.1, -0.05) is 166 Å². The number of aliphatic hydroxyl groups is 1. The summed E-state index contributed by atoms with van der Waals surface area (Å²) in [6.45, 7) is 32.0.